The maximum Gasteiger partial charge on any atom is 0.237 e. The summed E-state index contributed by atoms with van der Waals surface area (Å²) < 4.78 is 33.9. The number of hydrogen-bond donors (Lipinski definition) is 1. The first-order valence-electron chi connectivity index (χ1n) is 9.79. The first-order valence-corrected chi connectivity index (χ1v) is 10.7. The van der Waals surface area contributed by atoms with Crippen molar-refractivity contribution >= 4 is 29.3 Å². The molecule has 2 aromatic carbocycles. The van der Waals surface area contributed by atoms with Crippen LogP contribution in [0.2, 0.25) is 0 Å². The van der Waals surface area contributed by atoms with Crippen molar-refractivity contribution in [3.8, 4) is 5.69 Å². The van der Waals surface area contributed by atoms with Gasteiger partial charge in [0.05, 0.1) is 24.2 Å². The minimum atomic E-state index is -1.02. The van der Waals surface area contributed by atoms with Gasteiger partial charge >= 0.3 is 0 Å². The van der Waals surface area contributed by atoms with Crippen LogP contribution in [0.3, 0.4) is 0 Å². The second-order valence-corrected chi connectivity index (χ2v) is 8.24. The normalized spacial score (nSPS) is 15.0. The molecule has 0 bridgehead atoms. The molecule has 1 amide bonds. The Morgan fingerprint density at radius 2 is 1.84 bits per heavy atom. The number of ether oxygens (including phenoxy) is 1. The van der Waals surface area contributed by atoms with Crippen LogP contribution in [-0.2, 0) is 9.53 Å². The molecule has 1 saturated heterocycles. The fourth-order valence-corrected chi connectivity index (χ4v) is 4.00. The van der Waals surface area contributed by atoms with Gasteiger partial charge in [-0.25, -0.2) is 8.78 Å². The molecule has 0 aliphatic carbocycles. The zero-order valence-corrected chi connectivity index (χ0v) is 17.6. The van der Waals surface area contributed by atoms with Gasteiger partial charge in [-0.15, -0.1) is 10.2 Å². The summed E-state index contributed by atoms with van der Waals surface area (Å²) in [5, 5.41) is 11.3. The quantitative estimate of drug-likeness (QED) is 0.586. The lowest BCUT2D eigenvalue weighted by Gasteiger charge is -2.28. The smallest absolute Gasteiger partial charge is 0.237 e. The molecule has 1 aliphatic rings. The zero-order valence-electron chi connectivity index (χ0n) is 16.8. The molecule has 4 rings (SSSR count). The molecule has 31 heavy (non-hydrogen) atoms. The van der Waals surface area contributed by atoms with Gasteiger partial charge in [0.25, 0.3) is 0 Å². The second kappa shape index (κ2) is 9.44. The second-order valence-electron chi connectivity index (χ2n) is 6.93. The summed E-state index contributed by atoms with van der Waals surface area (Å²) in [6.07, 6.45) is 0. The van der Waals surface area contributed by atoms with Crippen molar-refractivity contribution in [2.75, 3.05) is 36.5 Å². The lowest BCUT2D eigenvalue weighted by atomic mass is 10.3. The van der Waals surface area contributed by atoms with Crippen molar-refractivity contribution in [3.63, 3.8) is 0 Å². The van der Waals surface area contributed by atoms with Crippen LogP contribution in [0.15, 0.2) is 53.7 Å². The number of halogens is 2. The van der Waals surface area contributed by atoms with Gasteiger partial charge in [0.2, 0.25) is 11.9 Å². The number of para-hydroxylation sites is 1. The number of thioether (sulfide) groups is 1. The molecule has 1 aromatic heterocycles. The van der Waals surface area contributed by atoms with Gasteiger partial charge in [0, 0.05) is 24.8 Å². The number of carbonyl (C=O) groups excluding carboxylic acids is 1. The summed E-state index contributed by atoms with van der Waals surface area (Å²) in [5.41, 5.74) is 1.07. The predicted molar refractivity (Wildman–Crippen MR) is 115 cm³/mol. The molecule has 0 saturated carbocycles. The van der Waals surface area contributed by atoms with E-state index in [0.717, 1.165) is 17.8 Å². The first-order chi connectivity index (χ1) is 15.0. The summed E-state index contributed by atoms with van der Waals surface area (Å²) in [6.45, 7) is 4.33. The molecular formula is C21H21F2N5O2S. The van der Waals surface area contributed by atoms with Crippen LogP contribution in [0.5, 0.6) is 0 Å². The van der Waals surface area contributed by atoms with Crippen LogP contribution in [0.25, 0.3) is 5.69 Å². The number of aromatic nitrogens is 3. The number of benzene rings is 2. The van der Waals surface area contributed by atoms with Crippen molar-refractivity contribution < 1.29 is 18.3 Å². The third kappa shape index (κ3) is 4.86. The van der Waals surface area contributed by atoms with Crippen molar-refractivity contribution in [2.24, 2.45) is 0 Å². The van der Waals surface area contributed by atoms with Gasteiger partial charge in [-0.1, -0.05) is 30.0 Å². The van der Waals surface area contributed by atoms with Gasteiger partial charge in [-0.2, -0.15) is 0 Å². The Kier molecular flexibility index (Phi) is 6.47. The average Bonchev–Trinajstić information content (AvgIpc) is 3.21. The van der Waals surface area contributed by atoms with E-state index in [1.54, 1.807) is 6.92 Å². The monoisotopic (exact) mass is 445 g/mol. The number of carbonyl (C=O) groups is 1. The van der Waals surface area contributed by atoms with Crippen LogP contribution in [0, 0.1) is 11.6 Å². The SMILES string of the molecule is CC(Sc1nnc(N2CCOCC2)n1-c1ccccc1)C(=O)Nc1ccc(F)c(F)c1. The molecule has 162 valence electrons. The Morgan fingerprint density at radius 1 is 1.10 bits per heavy atom. The number of amides is 1. The first kappa shape index (κ1) is 21.3. The van der Waals surface area contributed by atoms with E-state index in [1.165, 1.54) is 17.8 Å². The highest BCUT2D eigenvalue weighted by Gasteiger charge is 2.25. The van der Waals surface area contributed by atoms with Crippen molar-refractivity contribution in [1.29, 1.82) is 0 Å². The van der Waals surface area contributed by atoms with Crippen molar-refractivity contribution in [1.82, 2.24) is 14.8 Å². The molecule has 1 aliphatic heterocycles. The van der Waals surface area contributed by atoms with Crippen LogP contribution in [-0.4, -0.2) is 52.2 Å². The highest BCUT2D eigenvalue weighted by molar-refractivity contribution is 8.00. The minimum absolute atomic E-state index is 0.190. The molecule has 3 aromatic rings. The zero-order chi connectivity index (χ0) is 21.8. The third-order valence-corrected chi connectivity index (χ3v) is 5.81. The van der Waals surface area contributed by atoms with Crippen LogP contribution in [0.1, 0.15) is 6.92 Å². The van der Waals surface area contributed by atoms with Crippen LogP contribution >= 0.6 is 11.8 Å². The minimum Gasteiger partial charge on any atom is -0.378 e. The van der Waals surface area contributed by atoms with Gasteiger partial charge < -0.3 is 15.0 Å². The van der Waals surface area contributed by atoms with E-state index >= 15 is 0 Å². The molecule has 1 unspecified atom stereocenters. The van der Waals surface area contributed by atoms with E-state index in [1.807, 2.05) is 34.9 Å². The molecule has 1 atom stereocenters. The number of morpholine rings is 1. The third-order valence-electron chi connectivity index (χ3n) is 4.76. The van der Waals surface area contributed by atoms with Crippen LogP contribution in [0.4, 0.5) is 20.4 Å². The summed E-state index contributed by atoms with van der Waals surface area (Å²) >= 11 is 1.24. The van der Waals surface area contributed by atoms with E-state index < -0.39 is 16.9 Å². The Labute approximate surface area is 182 Å². The van der Waals surface area contributed by atoms with Crippen LogP contribution < -0.4 is 10.2 Å². The van der Waals surface area contributed by atoms with Gasteiger partial charge in [0.15, 0.2) is 16.8 Å². The van der Waals surface area contributed by atoms with Gasteiger partial charge in [-0.05, 0) is 31.2 Å². The topological polar surface area (TPSA) is 72.3 Å². The maximum atomic E-state index is 13.4. The Balaban J connectivity index is 1.56. The van der Waals surface area contributed by atoms with E-state index in [2.05, 4.69) is 20.4 Å². The van der Waals surface area contributed by atoms with E-state index in [-0.39, 0.29) is 11.6 Å². The largest absolute Gasteiger partial charge is 0.378 e. The van der Waals surface area contributed by atoms with Crippen molar-refractivity contribution in [3.05, 3.63) is 60.2 Å². The summed E-state index contributed by atoms with van der Waals surface area (Å²) in [5.74, 6) is -1.65. The molecule has 0 radical (unpaired) electrons. The fraction of sp³-hybridized carbons (Fsp3) is 0.286. The lowest BCUT2D eigenvalue weighted by molar-refractivity contribution is -0.115. The summed E-state index contributed by atoms with van der Waals surface area (Å²) in [6, 6.07) is 12.9. The molecule has 0 spiro atoms. The maximum absolute atomic E-state index is 13.4. The van der Waals surface area contributed by atoms with Gasteiger partial charge in [-0.3, -0.25) is 9.36 Å². The van der Waals surface area contributed by atoms with E-state index in [9.17, 15) is 13.6 Å². The Bertz CT molecular complexity index is 1060. The van der Waals surface area contributed by atoms with Gasteiger partial charge in [0.1, 0.15) is 0 Å². The van der Waals surface area contributed by atoms with E-state index in [0.29, 0.717) is 37.4 Å². The molecule has 1 N–H and O–H groups in total. The summed E-state index contributed by atoms with van der Waals surface area (Å²) in [4.78, 5) is 14.7. The lowest BCUT2D eigenvalue weighted by Crippen LogP contribution is -2.37. The summed E-state index contributed by atoms with van der Waals surface area (Å²) in [7, 11) is 0. The molecule has 2 heterocycles. The molecule has 10 heteroatoms. The average molecular weight is 445 g/mol. The van der Waals surface area contributed by atoms with E-state index in [4.69, 9.17) is 4.74 Å². The Hall–Kier alpha value is -2.98. The Morgan fingerprint density at radius 3 is 2.55 bits per heavy atom. The number of hydrogen-bond acceptors (Lipinski definition) is 6. The molecule has 1 fully saturated rings. The number of nitrogens with one attached hydrogen (secondary N) is 1. The standard InChI is InChI=1S/C21H21F2N5O2S/c1-14(19(29)24-15-7-8-17(22)18(23)13-15)31-21-26-25-20(27-9-11-30-12-10-27)28(21)16-5-3-2-4-6-16/h2-8,13-14H,9-12H2,1H3,(H,24,29). The number of rotatable bonds is 6. The number of nitrogens with zero attached hydrogens (tertiary/aromatic N) is 4. The highest BCUT2D eigenvalue weighted by Crippen LogP contribution is 2.30. The number of anilines is 2. The van der Waals surface area contributed by atoms with Crippen molar-refractivity contribution in [2.45, 2.75) is 17.3 Å². The molecular weight excluding hydrogens is 424 g/mol. The molecule has 7 nitrogen and oxygen atoms in total. The highest BCUT2D eigenvalue weighted by atomic mass is 32.2. The predicted octanol–water partition coefficient (Wildman–Crippen LogP) is 3.50. The fourth-order valence-electron chi connectivity index (χ4n) is 3.14.